The predicted octanol–water partition coefficient (Wildman–Crippen LogP) is 5.94. The van der Waals surface area contributed by atoms with E-state index in [1.54, 1.807) is 0 Å². The van der Waals surface area contributed by atoms with Crippen LogP contribution in [0.1, 0.15) is 92.4 Å². The van der Waals surface area contributed by atoms with Crippen LogP contribution in [0.25, 0.3) is 0 Å². The zero-order valence-electron chi connectivity index (χ0n) is 17.1. The van der Waals surface area contributed by atoms with Crippen molar-refractivity contribution in [3.63, 3.8) is 0 Å². The van der Waals surface area contributed by atoms with Crippen molar-refractivity contribution in [2.45, 2.75) is 104 Å². The van der Waals surface area contributed by atoms with Crippen LogP contribution < -0.4 is 0 Å². The minimum absolute atomic E-state index is 0.292. The van der Waals surface area contributed by atoms with Crippen LogP contribution in [0.2, 0.25) is 0 Å². The summed E-state index contributed by atoms with van der Waals surface area (Å²) in [6, 6.07) is 0. The van der Waals surface area contributed by atoms with Gasteiger partial charge < -0.3 is 9.47 Å². The van der Waals surface area contributed by atoms with Gasteiger partial charge >= 0.3 is 0 Å². The Labute approximate surface area is 154 Å². The minimum atomic E-state index is -0.385. The molecule has 1 heterocycles. The van der Waals surface area contributed by atoms with Crippen LogP contribution in [0.15, 0.2) is 0 Å². The molecule has 7 atom stereocenters. The van der Waals surface area contributed by atoms with Crippen molar-refractivity contribution in [2.24, 2.45) is 33.5 Å². The number of ether oxygens (including phenoxy) is 2. The molecule has 25 heavy (non-hydrogen) atoms. The topological polar surface area (TPSA) is 18.5 Å². The van der Waals surface area contributed by atoms with Crippen LogP contribution in [0.3, 0.4) is 0 Å². The molecule has 0 amide bonds. The predicted molar refractivity (Wildman–Crippen MR) is 100 cm³/mol. The largest absolute Gasteiger partial charge is 0.348 e. The Balaban J connectivity index is 1.38. The van der Waals surface area contributed by atoms with E-state index in [-0.39, 0.29) is 5.79 Å². The van der Waals surface area contributed by atoms with Gasteiger partial charge in [0.25, 0.3) is 0 Å². The van der Waals surface area contributed by atoms with Crippen molar-refractivity contribution >= 4 is 0 Å². The second-order valence-corrected chi connectivity index (χ2v) is 11.8. The van der Waals surface area contributed by atoms with Crippen LogP contribution in [0.5, 0.6) is 0 Å². The fourth-order valence-corrected chi connectivity index (χ4v) is 8.33. The van der Waals surface area contributed by atoms with Gasteiger partial charge in [0.1, 0.15) is 0 Å². The zero-order chi connectivity index (χ0) is 17.7. The molecule has 5 aliphatic rings. The van der Waals surface area contributed by atoms with E-state index in [1.165, 1.54) is 57.8 Å². The van der Waals surface area contributed by atoms with E-state index in [9.17, 15) is 0 Å². The van der Waals surface area contributed by atoms with Gasteiger partial charge in [-0.05, 0) is 98.7 Å². The minimum Gasteiger partial charge on any atom is -0.348 e. The van der Waals surface area contributed by atoms with Gasteiger partial charge in [-0.25, -0.2) is 0 Å². The van der Waals surface area contributed by atoms with E-state index >= 15 is 0 Å². The van der Waals surface area contributed by atoms with Crippen LogP contribution in [0, 0.1) is 33.5 Å². The molecular weight excluding hydrogens is 308 g/mol. The first kappa shape index (κ1) is 17.0. The first-order valence-corrected chi connectivity index (χ1v) is 10.9. The SMILES string of the molecule is CC1(C)OCC(C2(C)CCC3(C)C(CCC45CC4(C)CCCC35)C2)O1. The molecule has 0 radical (unpaired) electrons. The van der Waals surface area contributed by atoms with Gasteiger partial charge in [0.2, 0.25) is 0 Å². The molecule has 1 saturated heterocycles. The first-order valence-electron chi connectivity index (χ1n) is 10.9. The zero-order valence-corrected chi connectivity index (χ0v) is 17.1. The first-order chi connectivity index (χ1) is 11.6. The van der Waals surface area contributed by atoms with E-state index < -0.39 is 0 Å². The lowest BCUT2D eigenvalue weighted by molar-refractivity contribution is -0.172. The summed E-state index contributed by atoms with van der Waals surface area (Å²) in [4.78, 5) is 0. The molecule has 0 N–H and O–H groups in total. The summed E-state index contributed by atoms with van der Waals surface area (Å²) in [6.07, 6.45) is 13.4. The molecule has 4 aliphatic carbocycles. The van der Waals surface area contributed by atoms with Gasteiger partial charge in [0, 0.05) is 0 Å². The number of rotatable bonds is 1. The van der Waals surface area contributed by atoms with Crippen molar-refractivity contribution in [1.82, 2.24) is 0 Å². The highest BCUT2D eigenvalue weighted by Crippen LogP contribution is 2.82. The van der Waals surface area contributed by atoms with E-state index in [4.69, 9.17) is 9.47 Å². The van der Waals surface area contributed by atoms with E-state index in [0.29, 0.717) is 22.3 Å². The van der Waals surface area contributed by atoms with E-state index in [2.05, 4.69) is 34.6 Å². The van der Waals surface area contributed by atoms with Crippen molar-refractivity contribution < 1.29 is 9.47 Å². The van der Waals surface area contributed by atoms with E-state index in [1.807, 2.05) is 0 Å². The third-order valence-electron chi connectivity index (χ3n) is 10.1. The number of fused-ring (bicyclic) bond motifs is 2. The lowest BCUT2D eigenvalue weighted by atomic mass is 9.45. The van der Waals surface area contributed by atoms with E-state index in [0.717, 1.165) is 23.9 Å². The van der Waals surface area contributed by atoms with Gasteiger partial charge in [-0.2, -0.15) is 0 Å². The molecule has 5 rings (SSSR count). The molecule has 2 heteroatoms. The summed E-state index contributed by atoms with van der Waals surface area (Å²) in [5.74, 6) is 1.51. The molecule has 5 fully saturated rings. The lowest BCUT2D eigenvalue weighted by Gasteiger charge is -2.60. The Hall–Kier alpha value is -0.0800. The smallest absolute Gasteiger partial charge is 0.163 e. The summed E-state index contributed by atoms with van der Waals surface area (Å²) in [5.41, 5.74) is 2.34. The molecule has 7 unspecified atom stereocenters. The van der Waals surface area contributed by atoms with Gasteiger partial charge in [-0.3, -0.25) is 0 Å². The second-order valence-electron chi connectivity index (χ2n) is 11.8. The Morgan fingerprint density at radius 2 is 1.68 bits per heavy atom. The maximum Gasteiger partial charge on any atom is 0.163 e. The summed E-state index contributed by atoms with van der Waals surface area (Å²) in [7, 11) is 0. The molecular formula is C23H38O2. The molecule has 2 nitrogen and oxygen atoms in total. The van der Waals surface area contributed by atoms with Crippen LogP contribution >= 0.6 is 0 Å². The Morgan fingerprint density at radius 1 is 0.880 bits per heavy atom. The third kappa shape index (κ3) is 2.16. The molecule has 142 valence electrons. The van der Waals surface area contributed by atoms with Gasteiger partial charge in [0.15, 0.2) is 5.79 Å². The molecule has 0 aromatic carbocycles. The summed E-state index contributed by atoms with van der Waals surface area (Å²) >= 11 is 0. The third-order valence-corrected chi connectivity index (χ3v) is 10.1. The summed E-state index contributed by atoms with van der Waals surface area (Å²) in [5, 5.41) is 0. The quantitative estimate of drug-likeness (QED) is 0.585. The molecule has 4 saturated carbocycles. The monoisotopic (exact) mass is 346 g/mol. The number of hydrogen-bond donors (Lipinski definition) is 0. The van der Waals surface area contributed by atoms with Crippen molar-refractivity contribution in [3.8, 4) is 0 Å². The summed E-state index contributed by atoms with van der Waals surface area (Å²) < 4.78 is 12.3. The van der Waals surface area contributed by atoms with Crippen LogP contribution in [0.4, 0.5) is 0 Å². The van der Waals surface area contributed by atoms with Crippen molar-refractivity contribution in [1.29, 1.82) is 0 Å². The van der Waals surface area contributed by atoms with Crippen molar-refractivity contribution in [3.05, 3.63) is 0 Å². The van der Waals surface area contributed by atoms with Crippen molar-refractivity contribution in [2.75, 3.05) is 6.61 Å². The normalized spacial score (nSPS) is 59.6. The highest BCUT2D eigenvalue weighted by molar-refractivity contribution is 5.22. The standard InChI is InChI=1S/C23H38O2/c1-19(2)24-14-18(25-19)20(3)11-12-22(5)16(13-20)8-10-23-15-21(23,4)9-6-7-17(22)23/h16-18H,6-15H2,1-5H3. The van der Waals surface area contributed by atoms with Gasteiger partial charge in [-0.15, -0.1) is 0 Å². The maximum absolute atomic E-state index is 6.33. The second kappa shape index (κ2) is 4.85. The summed E-state index contributed by atoms with van der Waals surface area (Å²) in [6.45, 7) is 12.7. The fourth-order valence-electron chi connectivity index (χ4n) is 8.33. The molecule has 1 spiro atoms. The number of hydrogen-bond acceptors (Lipinski definition) is 2. The van der Waals surface area contributed by atoms with Gasteiger partial charge in [-0.1, -0.05) is 27.2 Å². The highest BCUT2D eigenvalue weighted by atomic mass is 16.7. The lowest BCUT2D eigenvalue weighted by Crippen LogP contribution is -2.54. The highest BCUT2D eigenvalue weighted by Gasteiger charge is 2.73. The maximum atomic E-state index is 6.33. The fraction of sp³-hybridized carbons (Fsp3) is 1.00. The van der Waals surface area contributed by atoms with Gasteiger partial charge in [0.05, 0.1) is 12.7 Å². The Kier molecular flexibility index (Phi) is 3.30. The van der Waals surface area contributed by atoms with Crippen LogP contribution in [-0.2, 0) is 9.47 Å². The Bertz CT molecular complexity index is 585. The Morgan fingerprint density at radius 3 is 2.40 bits per heavy atom. The average Bonchev–Trinajstić information content (AvgIpc) is 3.00. The molecule has 1 aliphatic heterocycles. The molecule has 0 bridgehead atoms. The molecule has 0 aromatic rings. The van der Waals surface area contributed by atoms with Crippen LogP contribution in [-0.4, -0.2) is 18.5 Å². The average molecular weight is 347 g/mol. The molecule has 0 aromatic heterocycles.